The number of benzene rings is 1. The molecule has 2 fully saturated rings. The molecule has 0 unspecified atom stereocenters. The van der Waals surface area contributed by atoms with Crippen LogP contribution in [0.2, 0.25) is 5.02 Å². The van der Waals surface area contributed by atoms with Gasteiger partial charge in [0.25, 0.3) is 5.91 Å². The molecule has 2 aliphatic heterocycles. The minimum atomic E-state index is -0.292. The minimum Gasteiger partial charge on any atom is -0.381 e. The Balaban J connectivity index is 1.57. The first kappa shape index (κ1) is 18.9. The van der Waals surface area contributed by atoms with E-state index in [9.17, 15) is 9.59 Å². The van der Waals surface area contributed by atoms with Crippen molar-refractivity contribution in [2.45, 2.75) is 12.8 Å². The van der Waals surface area contributed by atoms with E-state index >= 15 is 0 Å². The van der Waals surface area contributed by atoms with Gasteiger partial charge in [-0.3, -0.25) is 14.6 Å². The van der Waals surface area contributed by atoms with Crippen molar-refractivity contribution in [3.8, 4) is 0 Å². The van der Waals surface area contributed by atoms with Gasteiger partial charge >= 0.3 is 0 Å². The third-order valence-electron chi connectivity index (χ3n) is 5.74. The smallest absolute Gasteiger partial charge is 0.253 e. The van der Waals surface area contributed by atoms with Gasteiger partial charge in [-0.15, -0.1) is 0 Å². The summed E-state index contributed by atoms with van der Waals surface area (Å²) in [5, 5.41) is 3.49. The monoisotopic (exact) mass is 399 g/mol. The zero-order chi connectivity index (χ0) is 19.6. The Morgan fingerprint density at radius 1 is 1.21 bits per heavy atom. The number of amides is 2. The maximum atomic E-state index is 13.1. The molecule has 2 aromatic rings. The first-order valence-corrected chi connectivity index (χ1v) is 9.79. The van der Waals surface area contributed by atoms with Crippen LogP contribution in [0.4, 0.5) is 5.69 Å². The molecule has 3 heterocycles. The minimum absolute atomic E-state index is 0.0729. The van der Waals surface area contributed by atoms with Crippen LogP contribution in [-0.2, 0) is 9.53 Å². The second kappa shape index (κ2) is 7.89. The highest BCUT2D eigenvalue weighted by Crippen LogP contribution is 2.45. The van der Waals surface area contributed by atoms with Crippen LogP contribution in [0.1, 0.15) is 23.2 Å². The number of anilines is 1. The van der Waals surface area contributed by atoms with Crippen LogP contribution in [0.5, 0.6) is 0 Å². The van der Waals surface area contributed by atoms with Crippen molar-refractivity contribution < 1.29 is 14.3 Å². The number of hydrogen-bond acceptors (Lipinski definition) is 4. The number of hydrogen-bond donors (Lipinski definition) is 1. The summed E-state index contributed by atoms with van der Waals surface area (Å²) in [6.45, 7) is 2.15. The zero-order valence-electron chi connectivity index (χ0n) is 15.4. The average molecular weight is 400 g/mol. The molecule has 6 nitrogen and oxygen atoms in total. The molecule has 0 saturated carbocycles. The number of halogens is 1. The van der Waals surface area contributed by atoms with Crippen LogP contribution in [0, 0.1) is 11.3 Å². The highest BCUT2D eigenvalue weighted by molar-refractivity contribution is 6.30. The van der Waals surface area contributed by atoms with Crippen molar-refractivity contribution in [2.24, 2.45) is 11.3 Å². The van der Waals surface area contributed by atoms with Gasteiger partial charge in [-0.05, 0) is 43.2 Å². The summed E-state index contributed by atoms with van der Waals surface area (Å²) in [7, 11) is 0. The first-order chi connectivity index (χ1) is 13.6. The van der Waals surface area contributed by atoms with Gasteiger partial charge in [-0.1, -0.05) is 17.7 Å². The standard InChI is InChI=1S/C21H22ClN3O3/c22-16-4-1-3-15(11-16)20(27)25-13-18(21(14-25)6-9-28-10-7-21)19(26)24-17-5-2-8-23-12-17/h1-5,8,11-12,18H,6-7,9-10,13-14H2,(H,24,26)/t18-/m1/s1. The van der Waals surface area contributed by atoms with E-state index in [1.165, 1.54) is 0 Å². The Bertz CT molecular complexity index is 868. The van der Waals surface area contributed by atoms with Crippen LogP contribution in [-0.4, -0.2) is 48.0 Å². The van der Waals surface area contributed by atoms with Crippen molar-refractivity contribution in [3.63, 3.8) is 0 Å². The van der Waals surface area contributed by atoms with Gasteiger partial charge in [-0.25, -0.2) is 0 Å². The lowest BCUT2D eigenvalue weighted by molar-refractivity contribution is -0.124. The number of nitrogens with one attached hydrogen (secondary N) is 1. The predicted molar refractivity (Wildman–Crippen MR) is 106 cm³/mol. The highest BCUT2D eigenvalue weighted by Gasteiger charge is 2.51. The topological polar surface area (TPSA) is 71.5 Å². The molecule has 2 saturated heterocycles. The van der Waals surface area contributed by atoms with Gasteiger partial charge in [0, 0.05) is 48.5 Å². The molecule has 1 N–H and O–H groups in total. The van der Waals surface area contributed by atoms with Crippen LogP contribution in [0.3, 0.4) is 0 Å². The molecule has 28 heavy (non-hydrogen) atoms. The van der Waals surface area contributed by atoms with E-state index in [4.69, 9.17) is 16.3 Å². The number of aromatic nitrogens is 1. The molecule has 0 bridgehead atoms. The van der Waals surface area contributed by atoms with Crippen molar-refractivity contribution in [1.82, 2.24) is 9.88 Å². The Labute approximate surface area is 168 Å². The van der Waals surface area contributed by atoms with E-state index in [0.29, 0.717) is 42.6 Å². The molecule has 0 aliphatic carbocycles. The lowest BCUT2D eigenvalue weighted by Gasteiger charge is -2.37. The largest absolute Gasteiger partial charge is 0.381 e. The van der Waals surface area contributed by atoms with Gasteiger partial charge in [0.15, 0.2) is 0 Å². The SMILES string of the molecule is O=C(Nc1cccnc1)[C@H]1CN(C(=O)c2cccc(Cl)c2)CC12CCOCC2. The summed E-state index contributed by atoms with van der Waals surface area (Å²) in [5.41, 5.74) is 0.941. The van der Waals surface area contributed by atoms with Crippen molar-refractivity contribution in [2.75, 3.05) is 31.6 Å². The zero-order valence-corrected chi connectivity index (χ0v) is 16.2. The molecule has 146 valence electrons. The second-order valence-electron chi connectivity index (χ2n) is 7.45. The molecule has 4 rings (SSSR count). The van der Waals surface area contributed by atoms with E-state index in [2.05, 4.69) is 10.3 Å². The van der Waals surface area contributed by atoms with Gasteiger partial charge in [0.05, 0.1) is 17.8 Å². The number of carbonyl (C=O) groups excluding carboxylic acids is 2. The molecule has 7 heteroatoms. The van der Waals surface area contributed by atoms with Gasteiger partial charge in [0.2, 0.25) is 5.91 Å². The fourth-order valence-electron chi connectivity index (χ4n) is 4.24. The van der Waals surface area contributed by atoms with Gasteiger partial charge in [-0.2, -0.15) is 0 Å². The molecule has 2 amide bonds. The summed E-state index contributed by atoms with van der Waals surface area (Å²) in [4.78, 5) is 32.0. The maximum Gasteiger partial charge on any atom is 0.253 e. The van der Waals surface area contributed by atoms with E-state index < -0.39 is 0 Å². The second-order valence-corrected chi connectivity index (χ2v) is 7.89. The molecule has 1 aromatic heterocycles. The number of rotatable bonds is 3. The van der Waals surface area contributed by atoms with Crippen molar-refractivity contribution >= 4 is 29.1 Å². The third kappa shape index (κ3) is 3.75. The number of carbonyl (C=O) groups is 2. The summed E-state index contributed by atoms with van der Waals surface area (Å²) < 4.78 is 5.54. The fourth-order valence-corrected chi connectivity index (χ4v) is 4.43. The fraction of sp³-hybridized carbons (Fsp3) is 0.381. The molecule has 1 atom stereocenters. The van der Waals surface area contributed by atoms with Gasteiger partial charge in [0.1, 0.15) is 0 Å². The average Bonchev–Trinajstić information content (AvgIpc) is 3.07. The summed E-state index contributed by atoms with van der Waals surface area (Å²) in [5.74, 6) is -0.457. The highest BCUT2D eigenvalue weighted by atomic mass is 35.5. The van der Waals surface area contributed by atoms with Crippen LogP contribution in [0.15, 0.2) is 48.8 Å². The van der Waals surface area contributed by atoms with E-state index in [1.807, 2.05) is 6.07 Å². The summed E-state index contributed by atoms with van der Waals surface area (Å²) >= 11 is 6.05. The van der Waals surface area contributed by atoms with Gasteiger partial charge < -0.3 is 15.0 Å². The lowest BCUT2D eigenvalue weighted by atomic mass is 9.71. The van der Waals surface area contributed by atoms with Crippen LogP contribution >= 0.6 is 11.6 Å². The Morgan fingerprint density at radius 3 is 2.75 bits per heavy atom. The summed E-state index contributed by atoms with van der Waals surface area (Å²) in [6, 6.07) is 10.5. The normalized spacial score (nSPS) is 20.9. The molecule has 1 aromatic carbocycles. The number of likely N-dealkylation sites (tertiary alicyclic amines) is 1. The Hall–Kier alpha value is -2.44. The number of nitrogens with zero attached hydrogens (tertiary/aromatic N) is 2. The van der Waals surface area contributed by atoms with E-state index in [-0.39, 0.29) is 23.1 Å². The molecular weight excluding hydrogens is 378 g/mol. The Kier molecular flexibility index (Phi) is 5.33. The number of pyridine rings is 1. The van der Waals surface area contributed by atoms with E-state index in [1.54, 1.807) is 47.6 Å². The van der Waals surface area contributed by atoms with E-state index in [0.717, 1.165) is 12.8 Å². The molecule has 0 radical (unpaired) electrons. The van der Waals surface area contributed by atoms with Crippen LogP contribution in [0.25, 0.3) is 0 Å². The number of ether oxygens (including phenoxy) is 1. The molecular formula is C21H22ClN3O3. The van der Waals surface area contributed by atoms with Crippen molar-refractivity contribution in [3.05, 3.63) is 59.4 Å². The van der Waals surface area contributed by atoms with Crippen LogP contribution < -0.4 is 5.32 Å². The quantitative estimate of drug-likeness (QED) is 0.860. The summed E-state index contributed by atoms with van der Waals surface area (Å²) in [6.07, 6.45) is 4.81. The molecule has 2 aliphatic rings. The first-order valence-electron chi connectivity index (χ1n) is 9.41. The maximum absolute atomic E-state index is 13.1. The lowest BCUT2D eigenvalue weighted by Crippen LogP contribution is -2.42. The third-order valence-corrected chi connectivity index (χ3v) is 5.98. The van der Waals surface area contributed by atoms with Crippen molar-refractivity contribution in [1.29, 1.82) is 0 Å². The molecule has 1 spiro atoms. The Morgan fingerprint density at radius 2 is 2.04 bits per heavy atom. The predicted octanol–water partition coefficient (Wildman–Crippen LogP) is 3.24.